The minimum absolute atomic E-state index is 0.291. The van der Waals surface area contributed by atoms with Gasteiger partial charge in [-0.1, -0.05) is 12.1 Å². The van der Waals surface area contributed by atoms with Crippen molar-refractivity contribution in [1.29, 1.82) is 0 Å². The van der Waals surface area contributed by atoms with Crippen LogP contribution in [0.25, 0.3) is 5.69 Å². The van der Waals surface area contributed by atoms with Gasteiger partial charge in [-0.05, 0) is 68.0 Å². The van der Waals surface area contributed by atoms with Crippen molar-refractivity contribution in [3.8, 4) is 17.2 Å². The molecule has 0 atom stereocenters. The van der Waals surface area contributed by atoms with Crippen LogP contribution in [0.3, 0.4) is 0 Å². The van der Waals surface area contributed by atoms with E-state index in [9.17, 15) is 9.90 Å². The number of rotatable bonds is 6. The molecule has 0 fully saturated rings. The van der Waals surface area contributed by atoms with Crippen molar-refractivity contribution in [2.45, 2.75) is 51.7 Å². The van der Waals surface area contributed by atoms with Gasteiger partial charge >= 0.3 is 5.97 Å². The largest absolute Gasteiger partial charge is 0.489 e. The summed E-state index contributed by atoms with van der Waals surface area (Å²) in [6.07, 6.45) is 2.33. The molecule has 2 heterocycles. The van der Waals surface area contributed by atoms with Crippen molar-refractivity contribution in [3.05, 3.63) is 59.4 Å². The Morgan fingerprint density at radius 1 is 1.27 bits per heavy atom. The van der Waals surface area contributed by atoms with Gasteiger partial charge in [-0.2, -0.15) is 0 Å². The van der Waals surface area contributed by atoms with E-state index in [-0.39, 0.29) is 5.60 Å². The van der Waals surface area contributed by atoms with E-state index >= 15 is 0 Å². The van der Waals surface area contributed by atoms with Gasteiger partial charge in [-0.15, -0.1) is 5.10 Å². The van der Waals surface area contributed by atoms with Crippen LogP contribution in [-0.4, -0.2) is 36.9 Å². The smallest absolute Gasteiger partial charge is 0.313 e. The van der Waals surface area contributed by atoms with Crippen molar-refractivity contribution in [1.82, 2.24) is 20.2 Å². The number of ether oxygens (including phenoxy) is 2. The monoisotopic (exact) mass is 408 g/mol. The fourth-order valence-corrected chi connectivity index (χ4v) is 3.54. The lowest BCUT2D eigenvalue weighted by atomic mass is 9.85. The van der Waals surface area contributed by atoms with E-state index in [1.807, 2.05) is 12.1 Å². The third-order valence-corrected chi connectivity index (χ3v) is 5.34. The van der Waals surface area contributed by atoms with Crippen molar-refractivity contribution in [2.75, 3.05) is 0 Å². The summed E-state index contributed by atoms with van der Waals surface area (Å²) in [6, 6.07) is 11.1. The number of tetrazole rings is 1. The predicted octanol–water partition coefficient (Wildman–Crippen LogP) is 3.32. The molecule has 156 valence electrons. The molecule has 8 heteroatoms. The van der Waals surface area contributed by atoms with Gasteiger partial charge < -0.3 is 14.6 Å². The molecule has 0 amide bonds. The number of aromatic nitrogens is 4. The van der Waals surface area contributed by atoms with Gasteiger partial charge in [-0.3, -0.25) is 4.79 Å². The van der Waals surface area contributed by atoms with Crippen LogP contribution < -0.4 is 9.47 Å². The number of nitrogens with zero attached hydrogens (tertiary/aromatic N) is 4. The van der Waals surface area contributed by atoms with Crippen molar-refractivity contribution in [2.24, 2.45) is 0 Å². The summed E-state index contributed by atoms with van der Waals surface area (Å²) < 4.78 is 13.8. The Morgan fingerprint density at radius 3 is 2.63 bits per heavy atom. The summed E-state index contributed by atoms with van der Waals surface area (Å²) in [7, 11) is 0. The molecule has 3 aromatic rings. The van der Waals surface area contributed by atoms with Crippen LogP contribution in [0.15, 0.2) is 42.7 Å². The zero-order valence-electron chi connectivity index (χ0n) is 17.4. The van der Waals surface area contributed by atoms with Crippen LogP contribution in [-0.2, 0) is 23.2 Å². The maximum atomic E-state index is 11.4. The predicted molar refractivity (Wildman–Crippen MR) is 109 cm³/mol. The van der Waals surface area contributed by atoms with E-state index in [1.165, 1.54) is 0 Å². The number of hydrogen-bond donors (Lipinski definition) is 1. The maximum absolute atomic E-state index is 11.4. The Labute approximate surface area is 174 Å². The highest BCUT2D eigenvalue weighted by molar-refractivity contribution is 5.80. The first-order valence-corrected chi connectivity index (χ1v) is 9.71. The minimum atomic E-state index is -0.959. The molecule has 0 radical (unpaired) electrons. The van der Waals surface area contributed by atoms with E-state index in [1.54, 1.807) is 49.1 Å². The lowest BCUT2D eigenvalue weighted by Crippen LogP contribution is -2.28. The number of benzene rings is 2. The standard InChI is InChI=1S/C22H24N4O4/c1-21(2)11-14-9-17(26-13-23-24-25-26)10-15(19(14)30-21)12-29-18-7-5-16(6-8-18)22(3,4)20(27)28/h5-10,13H,11-12H2,1-4H3,(H,27,28). The molecule has 0 saturated carbocycles. The number of carboxylic acid groups (broad SMARTS) is 1. The summed E-state index contributed by atoms with van der Waals surface area (Å²) in [5.41, 5.74) is 2.30. The fraction of sp³-hybridized carbons (Fsp3) is 0.364. The van der Waals surface area contributed by atoms with Gasteiger partial charge in [0.05, 0.1) is 11.1 Å². The zero-order valence-corrected chi connectivity index (χ0v) is 17.4. The maximum Gasteiger partial charge on any atom is 0.313 e. The molecule has 0 bridgehead atoms. The summed E-state index contributed by atoms with van der Waals surface area (Å²) in [5.74, 6) is 0.616. The number of hydrogen-bond acceptors (Lipinski definition) is 6. The van der Waals surface area contributed by atoms with Crippen molar-refractivity contribution >= 4 is 5.97 Å². The van der Waals surface area contributed by atoms with Gasteiger partial charge in [0.25, 0.3) is 0 Å². The van der Waals surface area contributed by atoms with Crippen molar-refractivity contribution in [3.63, 3.8) is 0 Å². The molecule has 8 nitrogen and oxygen atoms in total. The van der Waals surface area contributed by atoms with Gasteiger partial charge in [0.1, 0.15) is 30.0 Å². The average molecular weight is 408 g/mol. The summed E-state index contributed by atoms with van der Waals surface area (Å²) >= 11 is 0. The van der Waals surface area contributed by atoms with Crippen molar-refractivity contribution < 1.29 is 19.4 Å². The Balaban J connectivity index is 1.58. The molecule has 1 aliphatic heterocycles. The molecule has 2 aromatic carbocycles. The number of carbonyl (C=O) groups is 1. The molecule has 30 heavy (non-hydrogen) atoms. The first kappa shape index (κ1) is 19.9. The molecule has 1 aliphatic rings. The normalized spacial score (nSPS) is 14.8. The Hall–Kier alpha value is -3.42. The first-order valence-electron chi connectivity index (χ1n) is 9.71. The Bertz CT molecular complexity index is 1070. The number of aliphatic carboxylic acids is 1. The van der Waals surface area contributed by atoms with Crippen LogP contribution in [0.4, 0.5) is 0 Å². The van der Waals surface area contributed by atoms with E-state index in [0.717, 1.165) is 29.0 Å². The first-order chi connectivity index (χ1) is 14.2. The molecular weight excluding hydrogens is 384 g/mol. The van der Waals surface area contributed by atoms with Gasteiger partial charge in [0.15, 0.2) is 0 Å². The minimum Gasteiger partial charge on any atom is -0.489 e. The molecule has 0 saturated heterocycles. The van der Waals surface area contributed by atoms with Crippen LogP contribution >= 0.6 is 0 Å². The quantitative estimate of drug-likeness (QED) is 0.668. The van der Waals surface area contributed by atoms with E-state index < -0.39 is 11.4 Å². The van der Waals surface area contributed by atoms with E-state index in [2.05, 4.69) is 29.4 Å². The molecule has 4 rings (SSSR count). The lowest BCUT2D eigenvalue weighted by molar-refractivity contribution is -0.142. The highest BCUT2D eigenvalue weighted by atomic mass is 16.5. The molecule has 0 aliphatic carbocycles. The van der Waals surface area contributed by atoms with E-state index in [0.29, 0.717) is 17.9 Å². The molecule has 0 unspecified atom stereocenters. The highest BCUT2D eigenvalue weighted by Gasteiger charge is 2.33. The van der Waals surface area contributed by atoms with Gasteiger partial charge in [0.2, 0.25) is 0 Å². The van der Waals surface area contributed by atoms with Crippen LogP contribution in [0, 0.1) is 0 Å². The fourth-order valence-electron chi connectivity index (χ4n) is 3.54. The second-order valence-corrected chi connectivity index (χ2v) is 8.63. The number of fused-ring (bicyclic) bond motifs is 1. The summed E-state index contributed by atoms with van der Waals surface area (Å²) in [5, 5.41) is 20.8. The molecular formula is C22H24N4O4. The summed E-state index contributed by atoms with van der Waals surface area (Å²) in [6.45, 7) is 7.76. The van der Waals surface area contributed by atoms with Crippen LogP contribution in [0.1, 0.15) is 44.4 Å². The van der Waals surface area contributed by atoms with Crippen LogP contribution in [0.2, 0.25) is 0 Å². The number of carboxylic acids is 1. The highest BCUT2D eigenvalue weighted by Crippen LogP contribution is 2.39. The Morgan fingerprint density at radius 2 is 2.00 bits per heavy atom. The third kappa shape index (κ3) is 3.72. The van der Waals surface area contributed by atoms with Gasteiger partial charge in [-0.25, -0.2) is 4.68 Å². The molecule has 0 spiro atoms. The second-order valence-electron chi connectivity index (χ2n) is 8.63. The zero-order chi connectivity index (χ0) is 21.5. The molecule has 1 N–H and O–H groups in total. The lowest BCUT2D eigenvalue weighted by Gasteiger charge is -2.20. The topological polar surface area (TPSA) is 99.4 Å². The summed E-state index contributed by atoms with van der Waals surface area (Å²) in [4.78, 5) is 11.4. The van der Waals surface area contributed by atoms with Crippen LogP contribution in [0.5, 0.6) is 11.5 Å². The second kappa shape index (κ2) is 7.12. The molecule has 1 aromatic heterocycles. The average Bonchev–Trinajstić information content (AvgIpc) is 3.32. The van der Waals surface area contributed by atoms with Gasteiger partial charge in [0, 0.05) is 17.5 Å². The van der Waals surface area contributed by atoms with E-state index in [4.69, 9.17) is 9.47 Å². The third-order valence-electron chi connectivity index (χ3n) is 5.34. The Kier molecular flexibility index (Phi) is 4.72. The SMILES string of the molecule is CC1(C)Cc2cc(-n3cnnn3)cc(COc3ccc(C(C)(C)C(=O)O)cc3)c2O1.